The normalized spacial score (nSPS) is 14.1. The third kappa shape index (κ3) is 5.21. The molecule has 3 nitrogen and oxygen atoms in total. The fourth-order valence-electron chi connectivity index (χ4n) is 2.27. The van der Waals surface area contributed by atoms with Crippen molar-refractivity contribution in [3.63, 3.8) is 0 Å². The zero-order valence-electron chi connectivity index (χ0n) is 12.6. The fraction of sp³-hybridized carbons (Fsp3) is 0.625. The Labute approximate surface area is 117 Å². The molecule has 2 unspecified atom stereocenters. The summed E-state index contributed by atoms with van der Waals surface area (Å²) in [5.74, 6) is 1.48. The molecule has 1 N–H and O–H groups in total. The van der Waals surface area contributed by atoms with Crippen LogP contribution in [-0.2, 0) is 4.74 Å². The lowest BCUT2D eigenvalue weighted by atomic mass is 9.92. The maximum absolute atomic E-state index is 5.70. The lowest BCUT2D eigenvalue weighted by Gasteiger charge is -2.24. The number of nitrogens with one attached hydrogen (secondary N) is 1. The highest BCUT2D eigenvalue weighted by atomic mass is 16.5. The van der Waals surface area contributed by atoms with E-state index in [-0.39, 0.29) is 0 Å². The zero-order valence-corrected chi connectivity index (χ0v) is 12.6. The van der Waals surface area contributed by atoms with Gasteiger partial charge in [-0.05, 0) is 43.5 Å². The molecule has 0 aliphatic rings. The third-order valence-electron chi connectivity index (χ3n) is 3.35. The van der Waals surface area contributed by atoms with E-state index >= 15 is 0 Å². The SMILES string of the molecule is CCCOc1cccc(C(NC)C(C)CCOC)c1. The van der Waals surface area contributed by atoms with Crippen molar-refractivity contribution in [1.29, 1.82) is 0 Å². The summed E-state index contributed by atoms with van der Waals surface area (Å²) in [6, 6.07) is 8.71. The van der Waals surface area contributed by atoms with E-state index < -0.39 is 0 Å². The van der Waals surface area contributed by atoms with Crippen molar-refractivity contribution in [3.8, 4) is 5.75 Å². The first-order chi connectivity index (χ1) is 9.22. The smallest absolute Gasteiger partial charge is 0.119 e. The van der Waals surface area contributed by atoms with Crippen LogP contribution in [0, 0.1) is 5.92 Å². The summed E-state index contributed by atoms with van der Waals surface area (Å²) in [6.45, 7) is 5.94. The molecule has 1 aromatic carbocycles. The minimum Gasteiger partial charge on any atom is -0.494 e. The fourth-order valence-corrected chi connectivity index (χ4v) is 2.27. The Morgan fingerprint density at radius 3 is 2.68 bits per heavy atom. The van der Waals surface area contributed by atoms with Gasteiger partial charge in [0.1, 0.15) is 5.75 Å². The van der Waals surface area contributed by atoms with Gasteiger partial charge in [0.2, 0.25) is 0 Å². The molecule has 0 aliphatic carbocycles. The molecular weight excluding hydrogens is 238 g/mol. The van der Waals surface area contributed by atoms with E-state index in [2.05, 4.69) is 37.4 Å². The minimum atomic E-state index is 0.334. The summed E-state index contributed by atoms with van der Waals surface area (Å²) >= 11 is 0. The summed E-state index contributed by atoms with van der Waals surface area (Å²) in [4.78, 5) is 0. The quantitative estimate of drug-likeness (QED) is 0.742. The third-order valence-corrected chi connectivity index (χ3v) is 3.35. The molecule has 0 saturated heterocycles. The minimum absolute atomic E-state index is 0.334. The van der Waals surface area contributed by atoms with Crippen LogP contribution in [0.5, 0.6) is 5.75 Å². The van der Waals surface area contributed by atoms with Crippen LogP contribution >= 0.6 is 0 Å². The number of hydrogen-bond acceptors (Lipinski definition) is 3. The second-order valence-electron chi connectivity index (χ2n) is 4.95. The van der Waals surface area contributed by atoms with Crippen LogP contribution in [0.1, 0.15) is 38.3 Å². The van der Waals surface area contributed by atoms with Crippen LogP contribution in [0.3, 0.4) is 0 Å². The van der Waals surface area contributed by atoms with E-state index in [9.17, 15) is 0 Å². The second-order valence-corrected chi connectivity index (χ2v) is 4.95. The van der Waals surface area contributed by atoms with Gasteiger partial charge in [-0.3, -0.25) is 0 Å². The molecule has 0 heterocycles. The Hall–Kier alpha value is -1.06. The van der Waals surface area contributed by atoms with Crippen molar-refractivity contribution in [1.82, 2.24) is 5.32 Å². The molecule has 0 bridgehead atoms. The van der Waals surface area contributed by atoms with Crippen LogP contribution in [0.4, 0.5) is 0 Å². The summed E-state index contributed by atoms with van der Waals surface area (Å²) in [5, 5.41) is 3.40. The molecule has 0 amide bonds. The van der Waals surface area contributed by atoms with Crippen LogP contribution in [0.25, 0.3) is 0 Å². The maximum Gasteiger partial charge on any atom is 0.119 e. The van der Waals surface area contributed by atoms with E-state index in [0.29, 0.717) is 12.0 Å². The van der Waals surface area contributed by atoms with Crippen molar-refractivity contribution < 1.29 is 9.47 Å². The first-order valence-electron chi connectivity index (χ1n) is 7.11. The highest BCUT2D eigenvalue weighted by molar-refractivity contribution is 5.31. The van der Waals surface area contributed by atoms with Crippen LogP contribution < -0.4 is 10.1 Å². The molecule has 3 heteroatoms. The number of hydrogen-bond donors (Lipinski definition) is 1. The summed E-state index contributed by atoms with van der Waals surface area (Å²) < 4.78 is 10.9. The van der Waals surface area contributed by atoms with Gasteiger partial charge < -0.3 is 14.8 Å². The van der Waals surface area contributed by atoms with Gasteiger partial charge in [-0.2, -0.15) is 0 Å². The van der Waals surface area contributed by atoms with Gasteiger partial charge in [0.05, 0.1) is 6.61 Å². The molecule has 0 radical (unpaired) electrons. The van der Waals surface area contributed by atoms with E-state index in [4.69, 9.17) is 9.47 Å². The lowest BCUT2D eigenvalue weighted by Crippen LogP contribution is -2.24. The first kappa shape index (κ1) is 16.0. The van der Waals surface area contributed by atoms with Gasteiger partial charge in [0, 0.05) is 19.8 Å². The molecule has 108 valence electrons. The van der Waals surface area contributed by atoms with Gasteiger partial charge in [-0.15, -0.1) is 0 Å². The first-order valence-corrected chi connectivity index (χ1v) is 7.11. The molecule has 1 aromatic rings. The van der Waals surface area contributed by atoms with Crippen molar-refractivity contribution >= 4 is 0 Å². The van der Waals surface area contributed by atoms with Crippen LogP contribution in [0.15, 0.2) is 24.3 Å². The summed E-state index contributed by atoms with van der Waals surface area (Å²) in [6.07, 6.45) is 2.08. The lowest BCUT2D eigenvalue weighted by molar-refractivity contribution is 0.171. The monoisotopic (exact) mass is 265 g/mol. The molecule has 19 heavy (non-hydrogen) atoms. The van der Waals surface area contributed by atoms with Crippen LogP contribution in [-0.4, -0.2) is 27.4 Å². The van der Waals surface area contributed by atoms with Gasteiger partial charge in [-0.25, -0.2) is 0 Å². The Kier molecular flexibility index (Phi) is 7.53. The average molecular weight is 265 g/mol. The number of rotatable bonds is 9. The van der Waals surface area contributed by atoms with Crippen LogP contribution in [0.2, 0.25) is 0 Å². The molecular formula is C16H27NO2. The van der Waals surface area contributed by atoms with E-state index in [1.807, 2.05) is 13.1 Å². The van der Waals surface area contributed by atoms with E-state index in [1.165, 1.54) is 5.56 Å². The number of methoxy groups -OCH3 is 1. The van der Waals surface area contributed by atoms with E-state index in [1.54, 1.807) is 7.11 Å². The highest BCUT2D eigenvalue weighted by Gasteiger charge is 2.17. The van der Waals surface area contributed by atoms with Crippen molar-refractivity contribution in [2.24, 2.45) is 5.92 Å². The predicted octanol–water partition coefficient (Wildman–Crippen LogP) is 3.41. The standard InChI is InChI=1S/C16H27NO2/c1-5-10-19-15-8-6-7-14(12-15)16(17-3)13(2)9-11-18-4/h6-8,12-13,16-17H,5,9-11H2,1-4H3. The predicted molar refractivity (Wildman–Crippen MR) is 79.7 cm³/mol. The molecule has 0 fully saturated rings. The summed E-state index contributed by atoms with van der Waals surface area (Å²) in [7, 11) is 3.76. The molecule has 1 rings (SSSR count). The van der Waals surface area contributed by atoms with Gasteiger partial charge in [0.25, 0.3) is 0 Å². The molecule has 0 aromatic heterocycles. The highest BCUT2D eigenvalue weighted by Crippen LogP contribution is 2.27. The molecule has 0 aliphatic heterocycles. The molecule has 0 saturated carbocycles. The second kappa shape index (κ2) is 8.94. The Bertz CT molecular complexity index is 354. The van der Waals surface area contributed by atoms with E-state index in [0.717, 1.165) is 31.8 Å². The molecule has 0 spiro atoms. The number of benzene rings is 1. The Balaban J connectivity index is 2.73. The van der Waals surface area contributed by atoms with Crippen molar-refractivity contribution in [3.05, 3.63) is 29.8 Å². The molecule has 2 atom stereocenters. The van der Waals surface area contributed by atoms with Gasteiger partial charge in [0.15, 0.2) is 0 Å². The van der Waals surface area contributed by atoms with Crippen molar-refractivity contribution in [2.45, 2.75) is 32.7 Å². The maximum atomic E-state index is 5.70. The summed E-state index contributed by atoms with van der Waals surface area (Å²) in [5.41, 5.74) is 1.28. The average Bonchev–Trinajstić information content (AvgIpc) is 2.44. The Morgan fingerprint density at radius 2 is 2.05 bits per heavy atom. The topological polar surface area (TPSA) is 30.5 Å². The van der Waals surface area contributed by atoms with Gasteiger partial charge in [-0.1, -0.05) is 26.0 Å². The Morgan fingerprint density at radius 1 is 1.26 bits per heavy atom. The van der Waals surface area contributed by atoms with Gasteiger partial charge >= 0.3 is 0 Å². The largest absolute Gasteiger partial charge is 0.494 e. The zero-order chi connectivity index (χ0) is 14.1. The van der Waals surface area contributed by atoms with Crippen molar-refractivity contribution in [2.75, 3.05) is 27.4 Å². The number of ether oxygens (including phenoxy) is 2.